The van der Waals surface area contributed by atoms with Gasteiger partial charge in [0.15, 0.2) is 0 Å². The van der Waals surface area contributed by atoms with E-state index in [0.29, 0.717) is 6.42 Å². The number of aromatic nitrogens is 2. The van der Waals surface area contributed by atoms with Crippen LogP contribution in [0.4, 0.5) is 10.5 Å². The summed E-state index contributed by atoms with van der Waals surface area (Å²) in [5.74, 6) is 0. The maximum absolute atomic E-state index is 11.6. The predicted molar refractivity (Wildman–Crippen MR) is 69.2 cm³/mol. The first-order valence-electron chi connectivity index (χ1n) is 6.00. The third-order valence-electron chi connectivity index (χ3n) is 2.74. The van der Waals surface area contributed by atoms with E-state index in [1.54, 1.807) is 42.5 Å². The summed E-state index contributed by atoms with van der Waals surface area (Å²) in [6.45, 7) is 0.221. The summed E-state index contributed by atoms with van der Waals surface area (Å²) in [7, 11) is 1.81. The van der Waals surface area contributed by atoms with E-state index in [1.807, 2.05) is 0 Å². The van der Waals surface area contributed by atoms with Gasteiger partial charge in [-0.05, 0) is 5.56 Å². The second kappa shape index (κ2) is 7.39. The molecular weight excluding hydrogens is 298 g/mol. The number of rotatable bonds is 4. The molecule has 0 atom stereocenters. The van der Waals surface area contributed by atoms with Gasteiger partial charge in [0.25, 0.3) is 12.0 Å². The van der Waals surface area contributed by atoms with E-state index in [9.17, 15) is 14.9 Å². The molecule has 2 aromatic rings. The van der Waals surface area contributed by atoms with E-state index in [4.69, 9.17) is 4.74 Å². The first-order valence-corrected chi connectivity index (χ1v) is 6.00. The van der Waals surface area contributed by atoms with Gasteiger partial charge in [-0.2, -0.15) is 4.79 Å². The van der Waals surface area contributed by atoms with Crippen LogP contribution in [-0.2, 0) is 18.2 Å². The third kappa shape index (κ3) is 4.57. The number of halogens is 1. The molecule has 0 spiro atoms. The lowest BCUT2D eigenvalue weighted by atomic mass is 10.1. The van der Waals surface area contributed by atoms with E-state index in [2.05, 4.69) is 0 Å². The molecule has 1 aromatic heterocycles. The van der Waals surface area contributed by atoms with Crippen molar-refractivity contribution in [2.24, 2.45) is 7.05 Å². The molecule has 0 aliphatic heterocycles. The lowest BCUT2D eigenvalue weighted by molar-refractivity contribution is -0.585. The number of nitrogens with zero attached hydrogens (tertiary/aromatic N) is 3. The fourth-order valence-corrected chi connectivity index (χ4v) is 1.67. The number of nitro groups is 1. The average Bonchev–Trinajstić information content (AvgIpc) is 2.86. The molecule has 0 saturated carbocycles. The zero-order valence-corrected chi connectivity index (χ0v) is 12.1. The van der Waals surface area contributed by atoms with Crippen LogP contribution in [0.15, 0.2) is 43.0 Å². The molecule has 0 amide bonds. The van der Waals surface area contributed by atoms with Gasteiger partial charge in [0.1, 0.15) is 12.4 Å². The Balaban J connectivity index is 0.00000220. The summed E-state index contributed by atoms with van der Waals surface area (Å²) >= 11 is 0. The number of imidazole rings is 1. The molecule has 0 N–H and O–H groups in total. The summed E-state index contributed by atoms with van der Waals surface area (Å²) in [6, 6.07) is 6.18. The summed E-state index contributed by atoms with van der Waals surface area (Å²) in [5.41, 5.74) is 0.923. The molecule has 8 heteroatoms. The monoisotopic (exact) mass is 311 g/mol. The first-order chi connectivity index (χ1) is 9.56. The minimum absolute atomic E-state index is 0. The van der Waals surface area contributed by atoms with Gasteiger partial charge in [-0.1, -0.05) is 12.1 Å². The van der Waals surface area contributed by atoms with E-state index >= 15 is 0 Å². The topological polar surface area (TPSA) is 78.2 Å². The molecule has 1 heterocycles. The second-order valence-electron chi connectivity index (χ2n) is 4.27. The Morgan fingerprint density at radius 3 is 2.57 bits per heavy atom. The van der Waals surface area contributed by atoms with Crippen LogP contribution < -0.4 is 17.0 Å². The Morgan fingerprint density at radius 1 is 1.38 bits per heavy atom. The maximum Gasteiger partial charge on any atom is 0.511 e. The molecule has 0 radical (unpaired) electrons. The SMILES string of the molecule is Cn1cc[n+](C(=O)OCCc2ccc([N+](=O)[O-])cc2)c1.[Cl-]. The lowest BCUT2D eigenvalue weighted by Gasteiger charge is -2.02. The standard InChI is InChI=1S/C13H14N3O4.ClH/c1-14-7-8-15(10-14)13(17)20-9-6-11-2-4-12(5-3-11)16(18)19;/h2-5,7-8,10H,6,9H2,1H3;1H/q+1;/p-1. The van der Waals surface area contributed by atoms with Crippen molar-refractivity contribution in [1.29, 1.82) is 0 Å². The maximum atomic E-state index is 11.6. The molecule has 21 heavy (non-hydrogen) atoms. The van der Waals surface area contributed by atoms with Gasteiger partial charge >= 0.3 is 6.09 Å². The molecule has 1 aromatic carbocycles. The van der Waals surface area contributed by atoms with Crippen molar-refractivity contribution in [3.05, 3.63) is 58.7 Å². The minimum Gasteiger partial charge on any atom is -1.00 e. The first kappa shape index (κ1) is 16.6. The van der Waals surface area contributed by atoms with Gasteiger partial charge in [-0.25, -0.2) is 4.57 Å². The van der Waals surface area contributed by atoms with Crippen LogP contribution in [0.2, 0.25) is 0 Å². The molecule has 112 valence electrons. The highest BCUT2D eigenvalue weighted by Crippen LogP contribution is 2.12. The van der Waals surface area contributed by atoms with Gasteiger partial charge in [0.05, 0.1) is 18.6 Å². The van der Waals surface area contributed by atoms with Crippen LogP contribution in [-0.4, -0.2) is 22.2 Å². The zero-order chi connectivity index (χ0) is 14.5. The van der Waals surface area contributed by atoms with Crippen LogP contribution in [0.3, 0.4) is 0 Å². The minimum atomic E-state index is -0.451. The Bertz CT molecular complexity index is 625. The summed E-state index contributed by atoms with van der Waals surface area (Å²) in [6.07, 6.45) is 5.00. The molecule has 7 nitrogen and oxygen atoms in total. The number of hydrogen-bond acceptors (Lipinski definition) is 4. The molecule has 0 aliphatic carbocycles. The number of carbonyl (C=O) groups excluding carboxylic acids is 1. The van der Waals surface area contributed by atoms with E-state index in [1.165, 1.54) is 16.7 Å². The number of carbonyl (C=O) groups is 1. The van der Waals surface area contributed by atoms with Crippen molar-refractivity contribution in [2.75, 3.05) is 6.61 Å². The van der Waals surface area contributed by atoms with Crippen LogP contribution in [0, 0.1) is 10.1 Å². The summed E-state index contributed by atoms with van der Waals surface area (Å²) < 4.78 is 8.18. The van der Waals surface area contributed by atoms with Gasteiger partial charge in [-0.15, -0.1) is 4.57 Å². The number of ether oxygens (including phenoxy) is 1. The Hall–Kier alpha value is -2.41. The molecule has 0 aliphatic rings. The highest BCUT2D eigenvalue weighted by atomic mass is 35.5. The highest BCUT2D eigenvalue weighted by molar-refractivity contribution is 5.56. The Kier molecular flexibility index (Phi) is 5.86. The van der Waals surface area contributed by atoms with Crippen molar-refractivity contribution in [2.45, 2.75) is 6.42 Å². The van der Waals surface area contributed by atoms with Crippen LogP contribution in [0.25, 0.3) is 0 Å². The zero-order valence-electron chi connectivity index (χ0n) is 11.3. The fraction of sp³-hybridized carbons (Fsp3) is 0.231. The van der Waals surface area contributed by atoms with Gasteiger partial charge < -0.3 is 17.1 Å². The number of nitro benzene ring substituents is 1. The average molecular weight is 312 g/mol. The molecule has 0 bridgehead atoms. The molecule has 0 fully saturated rings. The van der Waals surface area contributed by atoms with E-state index < -0.39 is 11.0 Å². The Morgan fingerprint density at radius 2 is 2.05 bits per heavy atom. The largest absolute Gasteiger partial charge is 1.00 e. The van der Waals surface area contributed by atoms with Crippen molar-refractivity contribution >= 4 is 11.8 Å². The number of non-ortho nitro benzene ring substituents is 1. The van der Waals surface area contributed by atoms with E-state index in [0.717, 1.165) is 5.56 Å². The Labute approximate surface area is 127 Å². The number of hydrogen-bond donors (Lipinski definition) is 0. The van der Waals surface area contributed by atoms with E-state index in [-0.39, 0.29) is 24.7 Å². The predicted octanol–water partition coefficient (Wildman–Crippen LogP) is -1.55. The molecule has 0 saturated heterocycles. The van der Waals surface area contributed by atoms with Crippen LogP contribution in [0.5, 0.6) is 0 Å². The fourth-order valence-electron chi connectivity index (χ4n) is 1.67. The van der Waals surface area contributed by atoms with Gasteiger partial charge in [-0.3, -0.25) is 10.1 Å². The molecule has 0 unspecified atom stereocenters. The number of benzene rings is 1. The number of aryl methyl sites for hydroxylation is 1. The molecule has 2 rings (SSSR count). The van der Waals surface area contributed by atoms with Crippen molar-refractivity contribution in [3.8, 4) is 0 Å². The van der Waals surface area contributed by atoms with Gasteiger partial charge in [0.2, 0.25) is 0 Å². The summed E-state index contributed by atoms with van der Waals surface area (Å²) in [5, 5.41) is 10.5. The smallest absolute Gasteiger partial charge is 0.511 e. The second-order valence-corrected chi connectivity index (χ2v) is 4.27. The van der Waals surface area contributed by atoms with Gasteiger partial charge in [0, 0.05) is 18.6 Å². The van der Waals surface area contributed by atoms with Crippen molar-refractivity contribution in [1.82, 2.24) is 4.57 Å². The third-order valence-corrected chi connectivity index (χ3v) is 2.74. The normalized spacial score (nSPS) is 9.76. The lowest BCUT2D eigenvalue weighted by Crippen LogP contribution is -3.00. The summed E-state index contributed by atoms with van der Waals surface area (Å²) in [4.78, 5) is 21.7. The highest BCUT2D eigenvalue weighted by Gasteiger charge is 2.12. The van der Waals surface area contributed by atoms with Crippen molar-refractivity contribution in [3.63, 3.8) is 0 Å². The quantitative estimate of drug-likeness (QED) is 0.389. The molecular formula is C13H14ClN3O4. The van der Waals surface area contributed by atoms with Crippen LogP contribution in [0.1, 0.15) is 5.56 Å². The van der Waals surface area contributed by atoms with Crippen LogP contribution >= 0.6 is 0 Å². The van der Waals surface area contributed by atoms with Crippen molar-refractivity contribution < 1.29 is 31.4 Å².